The molecular formula is C20H23N3O5S2. The van der Waals surface area contributed by atoms with E-state index in [-0.39, 0.29) is 42.1 Å². The number of furan rings is 1. The maximum Gasteiger partial charge on any atom is 0.240 e. The number of carbonyl (C=O) groups excluding carboxylic acids is 2. The minimum atomic E-state index is -3.75. The smallest absolute Gasteiger partial charge is 0.240 e. The lowest BCUT2D eigenvalue weighted by atomic mass is 10.1. The molecule has 0 saturated carbocycles. The lowest BCUT2D eigenvalue weighted by molar-refractivity contribution is -0.121. The number of rotatable bonds is 7. The molecule has 2 fully saturated rings. The van der Waals surface area contributed by atoms with Crippen LogP contribution < -0.4 is 9.62 Å². The Morgan fingerprint density at radius 2 is 1.70 bits per heavy atom. The zero-order chi connectivity index (χ0) is 21.1. The Kier molecular flexibility index (Phi) is 6.28. The van der Waals surface area contributed by atoms with Gasteiger partial charge in [0.1, 0.15) is 0 Å². The molecule has 0 unspecified atom stereocenters. The zero-order valence-corrected chi connectivity index (χ0v) is 18.0. The molecule has 0 radical (unpaired) electrons. The van der Waals surface area contributed by atoms with Crippen LogP contribution in [0, 0.1) is 0 Å². The van der Waals surface area contributed by atoms with Gasteiger partial charge in [0.05, 0.1) is 29.2 Å². The topological polar surface area (TPSA) is 99.9 Å². The number of anilines is 1. The lowest BCUT2D eigenvalue weighted by Crippen LogP contribution is -2.41. The van der Waals surface area contributed by atoms with Crippen molar-refractivity contribution in [2.75, 3.05) is 36.0 Å². The molecule has 0 spiro atoms. The Morgan fingerprint density at radius 3 is 2.30 bits per heavy atom. The highest BCUT2D eigenvalue weighted by Gasteiger charge is 2.31. The van der Waals surface area contributed by atoms with Crippen LogP contribution in [0.1, 0.15) is 24.4 Å². The molecule has 10 heteroatoms. The number of imide groups is 1. The monoisotopic (exact) mass is 449 g/mol. The van der Waals surface area contributed by atoms with Gasteiger partial charge in [0, 0.05) is 49.5 Å². The summed E-state index contributed by atoms with van der Waals surface area (Å²) in [5, 5.41) is 0. The number of nitrogens with zero attached hydrogens (tertiary/aromatic N) is 2. The van der Waals surface area contributed by atoms with Crippen LogP contribution in [0.25, 0.3) is 0 Å². The molecule has 1 N–H and O–H groups in total. The van der Waals surface area contributed by atoms with Crippen molar-refractivity contribution in [1.29, 1.82) is 0 Å². The van der Waals surface area contributed by atoms with Gasteiger partial charge in [-0.05, 0) is 30.3 Å². The highest BCUT2D eigenvalue weighted by Crippen LogP contribution is 2.26. The maximum atomic E-state index is 12.8. The number of carbonyl (C=O) groups is 2. The van der Waals surface area contributed by atoms with Gasteiger partial charge in [0.25, 0.3) is 0 Å². The fraction of sp³-hybridized carbons (Fsp3) is 0.400. The van der Waals surface area contributed by atoms with Crippen LogP contribution in [0.15, 0.2) is 52.2 Å². The molecule has 2 aliphatic rings. The molecule has 0 bridgehead atoms. The van der Waals surface area contributed by atoms with E-state index in [1.807, 2.05) is 17.8 Å². The average molecular weight is 450 g/mol. The molecule has 3 heterocycles. The molecule has 2 saturated heterocycles. The Morgan fingerprint density at radius 1 is 1.03 bits per heavy atom. The molecule has 8 nitrogen and oxygen atoms in total. The van der Waals surface area contributed by atoms with Crippen LogP contribution in [0.2, 0.25) is 0 Å². The first-order valence-electron chi connectivity index (χ1n) is 9.75. The summed E-state index contributed by atoms with van der Waals surface area (Å²) in [4.78, 5) is 27.2. The van der Waals surface area contributed by atoms with Crippen molar-refractivity contribution in [3.63, 3.8) is 0 Å². The predicted molar refractivity (Wildman–Crippen MR) is 114 cm³/mol. The summed E-state index contributed by atoms with van der Waals surface area (Å²) >= 11 is 1.89. The third-order valence-corrected chi connectivity index (χ3v) is 7.72. The van der Waals surface area contributed by atoms with E-state index in [0.717, 1.165) is 35.1 Å². The van der Waals surface area contributed by atoms with E-state index >= 15 is 0 Å². The predicted octanol–water partition coefficient (Wildman–Crippen LogP) is 2.00. The summed E-state index contributed by atoms with van der Waals surface area (Å²) in [6.07, 6.45) is 3.62. The third kappa shape index (κ3) is 4.46. The van der Waals surface area contributed by atoms with Crippen molar-refractivity contribution < 1.29 is 22.4 Å². The number of benzene rings is 1. The summed E-state index contributed by atoms with van der Waals surface area (Å²) in [7, 11) is -3.75. The quantitative estimate of drug-likeness (QED) is 0.646. The van der Waals surface area contributed by atoms with Crippen LogP contribution in [0.3, 0.4) is 0 Å². The minimum Gasteiger partial charge on any atom is -0.472 e. The number of hydrogen-bond acceptors (Lipinski definition) is 7. The van der Waals surface area contributed by atoms with E-state index in [4.69, 9.17) is 4.42 Å². The molecule has 2 aliphatic heterocycles. The minimum absolute atomic E-state index is 0.0884. The molecule has 30 heavy (non-hydrogen) atoms. The fourth-order valence-electron chi connectivity index (χ4n) is 3.72. The van der Waals surface area contributed by atoms with Crippen LogP contribution in [-0.2, 0) is 19.6 Å². The number of thioether (sulfide) groups is 1. The summed E-state index contributed by atoms with van der Waals surface area (Å²) in [6.45, 7) is 1.99. The first-order valence-corrected chi connectivity index (χ1v) is 12.4. The van der Waals surface area contributed by atoms with Gasteiger partial charge in [0.15, 0.2) is 0 Å². The van der Waals surface area contributed by atoms with E-state index in [9.17, 15) is 18.0 Å². The van der Waals surface area contributed by atoms with E-state index in [2.05, 4.69) is 9.62 Å². The lowest BCUT2D eigenvalue weighted by Gasteiger charge is -2.33. The van der Waals surface area contributed by atoms with Gasteiger partial charge in [-0.15, -0.1) is 0 Å². The molecule has 2 amide bonds. The SMILES string of the molecule is O=C1CCC(=O)N1c1ccc(S(=O)(=O)NC[C@@H](c2ccoc2)N2CCSCC2)cc1. The number of amides is 2. The highest BCUT2D eigenvalue weighted by molar-refractivity contribution is 7.99. The van der Waals surface area contributed by atoms with Crippen LogP contribution in [-0.4, -0.2) is 56.3 Å². The van der Waals surface area contributed by atoms with Crippen molar-refractivity contribution in [2.45, 2.75) is 23.8 Å². The number of sulfonamides is 1. The van der Waals surface area contributed by atoms with E-state index in [1.165, 1.54) is 24.3 Å². The van der Waals surface area contributed by atoms with E-state index in [0.29, 0.717) is 5.69 Å². The third-order valence-electron chi connectivity index (χ3n) is 5.34. The first kappa shape index (κ1) is 21.1. The molecule has 4 rings (SSSR count). The number of hydrogen-bond donors (Lipinski definition) is 1. The largest absolute Gasteiger partial charge is 0.472 e. The van der Waals surface area contributed by atoms with Crippen LogP contribution >= 0.6 is 11.8 Å². The van der Waals surface area contributed by atoms with Crippen molar-refractivity contribution >= 4 is 39.3 Å². The van der Waals surface area contributed by atoms with Crippen molar-refractivity contribution in [3.05, 3.63) is 48.4 Å². The van der Waals surface area contributed by atoms with Gasteiger partial charge in [-0.3, -0.25) is 19.4 Å². The second kappa shape index (κ2) is 8.93. The normalized spacial score (nSPS) is 19.4. The molecule has 2 aromatic rings. The Hall–Kier alpha value is -2.14. The summed E-state index contributed by atoms with van der Waals surface area (Å²) in [5.41, 5.74) is 1.33. The Balaban J connectivity index is 1.47. The van der Waals surface area contributed by atoms with Gasteiger partial charge >= 0.3 is 0 Å². The van der Waals surface area contributed by atoms with Gasteiger partial charge in [-0.25, -0.2) is 13.1 Å². The van der Waals surface area contributed by atoms with Crippen molar-refractivity contribution in [2.24, 2.45) is 0 Å². The molecule has 160 valence electrons. The average Bonchev–Trinajstić information content (AvgIpc) is 3.39. The number of nitrogens with one attached hydrogen (secondary N) is 1. The van der Waals surface area contributed by atoms with Gasteiger partial charge < -0.3 is 4.42 Å². The summed E-state index contributed by atoms with van der Waals surface area (Å²) < 4.78 is 33.6. The maximum absolute atomic E-state index is 12.8. The van der Waals surface area contributed by atoms with Gasteiger partial charge in [0.2, 0.25) is 21.8 Å². The van der Waals surface area contributed by atoms with Gasteiger partial charge in [-0.2, -0.15) is 11.8 Å². The van der Waals surface area contributed by atoms with Crippen LogP contribution in [0.5, 0.6) is 0 Å². The van der Waals surface area contributed by atoms with Crippen molar-refractivity contribution in [1.82, 2.24) is 9.62 Å². The fourth-order valence-corrected chi connectivity index (χ4v) is 5.69. The molecular weight excluding hydrogens is 426 g/mol. The molecule has 0 aliphatic carbocycles. The molecule has 1 aromatic carbocycles. The summed E-state index contributed by atoms with van der Waals surface area (Å²) in [5.74, 6) is 1.49. The Labute approximate surface area is 179 Å². The molecule has 1 aromatic heterocycles. The standard InChI is InChI=1S/C20H23N3O5S2/c24-19-5-6-20(25)23(19)16-1-3-17(4-2-16)30(26,27)21-13-18(15-7-10-28-14-15)22-8-11-29-12-9-22/h1-4,7,10,14,18,21H,5-6,8-9,11-13H2/t18-/m0/s1. The first-order chi connectivity index (χ1) is 14.5. The highest BCUT2D eigenvalue weighted by atomic mass is 32.2. The second-order valence-electron chi connectivity index (χ2n) is 7.19. The Bertz CT molecular complexity index is 984. The van der Waals surface area contributed by atoms with Gasteiger partial charge in [-0.1, -0.05) is 0 Å². The van der Waals surface area contributed by atoms with E-state index < -0.39 is 10.0 Å². The van der Waals surface area contributed by atoms with Crippen LogP contribution in [0.4, 0.5) is 5.69 Å². The van der Waals surface area contributed by atoms with Crippen molar-refractivity contribution in [3.8, 4) is 0 Å². The van der Waals surface area contributed by atoms with E-state index in [1.54, 1.807) is 12.5 Å². The second-order valence-corrected chi connectivity index (χ2v) is 10.2. The summed E-state index contributed by atoms with van der Waals surface area (Å²) in [6, 6.07) is 7.57. The molecule has 1 atom stereocenters. The zero-order valence-electron chi connectivity index (χ0n) is 16.3.